The average molecular weight is 476 g/mol. The molecule has 4 nitrogen and oxygen atoms in total. The molecule has 178 valence electrons. The monoisotopic (exact) mass is 475 g/mol. The fourth-order valence-corrected chi connectivity index (χ4v) is 5.24. The zero-order chi connectivity index (χ0) is 24.9. The van der Waals surface area contributed by atoms with Crippen molar-refractivity contribution in [3.05, 3.63) is 82.4 Å². The van der Waals surface area contributed by atoms with Gasteiger partial charge in [-0.05, 0) is 52.6 Å². The van der Waals surface area contributed by atoms with E-state index in [1.165, 1.54) is 4.80 Å². The van der Waals surface area contributed by atoms with Crippen LogP contribution in [0.4, 0.5) is 0 Å². The van der Waals surface area contributed by atoms with Gasteiger partial charge in [-0.1, -0.05) is 96.5 Å². The van der Waals surface area contributed by atoms with Crippen LogP contribution in [0, 0.1) is 5.41 Å². The second-order valence-electron chi connectivity index (χ2n) is 11.6. The predicted octanol–water partition coefficient (Wildman–Crippen LogP) is 7.82. The van der Waals surface area contributed by atoms with E-state index in [2.05, 4.69) is 76.9 Å². The van der Waals surface area contributed by atoms with Crippen molar-refractivity contribution in [2.45, 2.75) is 65.7 Å². The van der Waals surface area contributed by atoms with Crippen molar-refractivity contribution in [1.29, 1.82) is 0 Å². The Kier molecular flexibility index (Phi) is 6.02. The molecule has 0 fully saturated rings. The van der Waals surface area contributed by atoms with E-state index in [9.17, 15) is 5.11 Å². The maximum atomic E-state index is 11.6. The number of hydrogen-bond acceptors (Lipinski definition) is 3. The van der Waals surface area contributed by atoms with Crippen molar-refractivity contribution in [3.8, 4) is 11.4 Å². The molecule has 0 unspecified atom stereocenters. The van der Waals surface area contributed by atoms with Gasteiger partial charge in [0.1, 0.15) is 22.5 Å². The van der Waals surface area contributed by atoms with Gasteiger partial charge in [-0.15, -0.1) is 15.0 Å². The van der Waals surface area contributed by atoms with E-state index in [1.807, 2.05) is 30.3 Å². The molecule has 0 aliphatic heterocycles. The summed E-state index contributed by atoms with van der Waals surface area (Å²) in [4.78, 5) is 1.54. The minimum atomic E-state index is -0.427. The molecule has 0 aliphatic rings. The lowest BCUT2D eigenvalue weighted by Crippen LogP contribution is -2.27. The summed E-state index contributed by atoms with van der Waals surface area (Å²) < 4.78 is 0. The van der Waals surface area contributed by atoms with Crippen LogP contribution in [-0.4, -0.2) is 20.1 Å². The standard InChI is InChI=1S/C29H34ClN3O/c1-27(2,3)18-28(4,5)20-15-22(29(6,7)19-11-9-8-10-12-19)26(34)25(16-20)33-31-23-14-13-21(30)17-24(23)32-33/h8-17,34H,18H2,1-7H3. The molecule has 3 aromatic carbocycles. The topological polar surface area (TPSA) is 50.9 Å². The number of phenolic OH excluding ortho intramolecular Hbond substituents is 1. The summed E-state index contributed by atoms with van der Waals surface area (Å²) in [7, 11) is 0. The summed E-state index contributed by atoms with van der Waals surface area (Å²) in [6.45, 7) is 15.6. The highest BCUT2D eigenvalue weighted by Crippen LogP contribution is 2.44. The third kappa shape index (κ3) is 4.69. The minimum Gasteiger partial charge on any atom is -0.505 e. The second kappa shape index (κ2) is 8.42. The van der Waals surface area contributed by atoms with Gasteiger partial charge < -0.3 is 5.11 Å². The van der Waals surface area contributed by atoms with Gasteiger partial charge in [0, 0.05) is 16.0 Å². The molecule has 0 saturated carbocycles. The average Bonchev–Trinajstić information content (AvgIpc) is 3.15. The first-order chi connectivity index (χ1) is 15.8. The van der Waals surface area contributed by atoms with Gasteiger partial charge in [-0.25, -0.2) is 0 Å². The number of phenols is 1. The van der Waals surface area contributed by atoms with Crippen LogP contribution in [0.2, 0.25) is 5.02 Å². The summed E-state index contributed by atoms with van der Waals surface area (Å²) in [6.07, 6.45) is 0.986. The summed E-state index contributed by atoms with van der Waals surface area (Å²) in [5.41, 5.74) is 4.72. The number of hydrogen-bond donors (Lipinski definition) is 1. The lowest BCUT2D eigenvalue weighted by atomic mass is 9.70. The summed E-state index contributed by atoms with van der Waals surface area (Å²) in [6, 6.07) is 19.9. The summed E-state index contributed by atoms with van der Waals surface area (Å²) >= 11 is 6.18. The van der Waals surface area contributed by atoms with E-state index in [1.54, 1.807) is 12.1 Å². The van der Waals surface area contributed by atoms with Gasteiger partial charge in [0.05, 0.1) is 0 Å². The Balaban J connectivity index is 1.97. The molecule has 34 heavy (non-hydrogen) atoms. The van der Waals surface area contributed by atoms with E-state index in [0.717, 1.165) is 28.6 Å². The fraction of sp³-hybridized carbons (Fsp3) is 0.379. The molecule has 5 heteroatoms. The van der Waals surface area contributed by atoms with Gasteiger partial charge in [-0.3, -0.25) is 0 Å². The zero-order valence-corrected chi connectivity index (χ0v) is 21.9. The Bertz CT molecular complexity index is 1330. The Morgan fingerprint density at radius 1 is 0.794 bits per heavy atom. The number of halogens is 1. The molecule has 4 rings (SSSR count). The SMILES string of the molecule is CC(C)(C)CC(C)(C)c1cc(-n2nc3ccc(Cl)cc3n2)c(O)c(C(C)(C)c2ccccc2)c1. The number of benzene rings is 3. The fourth-order valence-electron chi connectivity index (χ4n) is 5.07. The molecule has 1 aromatic heterocycles. The third-order valence-corrected chi connectivity index (χ3v) is 6.81. The largest absolute Gasteiger partial charge is 0.505 e. The zero-order valence-electron chi connectivity index (χ0n) is 21.1. The van der Waals surface area contributed by atoms with Crippen molar-refractivity contribution in [2.24, 2.45) is 5.41 Å². The number of nitrogens with zero attached hydrogens (tertiary/aromatic N) is 3. The van der Waals surface area contributed by atoms with E-state index in [4.69, 9.17) is 11.6 Å². The van der Waals surface area contributed by atoms with Crippen LogP contribution in [-0.2, 0) is 10.8 Å². The Morgan fingerprint density at radius 2 is 1.44 bits per heavy atom. The molecule has 1 N–H and O–H groups in total. The molecule has 0 amide bonds. The van der Waals surface area contributed by atoms with Crippen molar-refractivity contribution in [1.82, 2.24) is 15.0 Å². The molecule has 0 saturated heterocycles. The smallest absolute Gasteiger partial charge is 0.147 e. The first-order valence-corrected chi connectivity index (χ1v) is 12.1. The van der Waals surface area contributed by atoms with Crippen LogP contribution in [0.1, 0.15) is 71.6 Å². The maximum absolute atomic E-state index is 11.6. The molecule has 0 radical (unpaired) electrons. The third-order valence-electron chi connectivity index (χ3n) is 6.57. The van der Waals surface area contributed by atoms with Gasteiger partial charge in [-0.2, -0.15) is 0 Å². The van der Waals surface area contributed by atoms with Crippen molar-refractivity contribution in [3.63, 3.8) is 0 Å². The lowest BCUT2D eigenvalue weighted by molar-refractivity contribution is 0.283. The first-order valence-electron chi connectivity index (χ1n) is 11.7. The minimum absolute atomic E-state index is 0.127. The maximum Gasteiger partial charge on any atom is 0.147 e. The molecule has 0 spiro atoms. The second-order valence-corrected chi connectivity index (χ2v) is 12.1. The highest BCUT2D eigenvalue weighted by Gasteiger charge is 2.33. The molecular formula is C29H34ClN3O. The highest BCUT2D eigenvalue weighted by molar-refractivity contribution is 6.31. The quantitative estimate of drug-likeness (QED) is 0.320. The summed E-state index contributed by atoms with van der Waals surface area (Å²) in [5.74, 6) is 0.190. The van der Waals surface area contributed by atoms with Crippen molar-refractivity contribution in [2.75, 3.05) is 0 Å². The molecule has 1 heterocycles. The van der Waals surface area contributed by atoms with Crippen LogP contribution in [0.3, 0.4) is 0 Å². The highest BCUT2D eigenvalue weighted by atomic mass is 35.5. The van der Waals surface area contributed by atoms with Crippen LogP contribution in [0.25, 0.3) is 16.7 Å². The number of fused-ring (bicyclic) bond motifs is 1. The Hall–Kier alpha value is -2.85. The normalized spacial score (nSPS) is 12.9. The van der Waals surface area contributed by atoms with Gasteiger partial charge >= 0.3 is 0 Å². The van der Waals surface area contributed by atoms with Crippen LogP contribution in [0.15, 0.2) is 60.7 Å². The van der Waals surface area contributed by atoms with Crippen LogP contribution in [0.5, 0.6) is 5.75 Å². The van der Waals surface area contributed by atoms with Gasteiger partial charge in [0.25, 0.3) is 0 Å². The number of rotatable bonds is 5. The van der Waals surface area contributed by atoms with Gasteiger partial charge in [0.15, 0.2) is 0 Å². The molecule has 0 atom stereocenters. The van der Waals surface area contributed by atoms with Crippen molar-refractivity contribution < 1.29 is 5.11 Å². The predicted molar refractivity (Wildman–Crippen MR) is 141 cm³/mol. The molecule has 4 aromatic rings. The molecular weight excluding hydrogens is 442 g/mol. The Morgan fingerprint density at radius 3 is 2.09 bits per heavy atom. The number of aromatic hydroxyl groups is 1. The molecule has 0 aliphatic carbocycles. The van der Waals surface area contributed by atoms with Gasteiger partial charge in [0.2, 0.25) is 0 Å². The molecule has 0 bridgehead atoms. The lowest BCUT2D eigenvalue weighted by Gasteiger charge is -2.35. The van der Waals surface area contributed by atoms with Crippen molar-refractivity contribution >= 4 is 22.6 Å². The number of aromatic nitrogens is 3. The van der Waals surface area contributed by atoms with E-state index in [0.29, 0.717) is 16.2 Å². The van der Waals surface area contributed by atoms with Crippen LogP contribution < -0.4 is 0 Å². The van der Waals surface area contributed by atoms with E-state index < -0.39 is 5.41 Å². The Labute approximate surface area is 207 Å². The summed E-state index contributed by atoms with van der Waals surface area (Å²) in [5, 5.41) is 21.5. The first kappa shape index (κ1) is 24.3. The van der Waals surface area contributed by atoms with E-state index >= 15 is 0 Å². The van der Waals surface area contributed by atoms with Crippen LogP contribution >= 0.6 is 11.6 Å². The van der Waals surface area contributed by atoms with E-state index in [-0.39, 0.29) is 16.6 Å².